The van der Waals surface area contributed by atoms with Crippen molar-refractivity contribution in [1.29, 1.82) is 0 Å². The van der Waals surface area contributed by atoms with Crippen molar-refractivity contribution in [3.63, 3.8) is 0 Å². The first-order chi connectivity index (χ1) is 9.96. The normalized spacial score (nSPS) is 29.2. The van der Waals surface area contributed by atoms with Crippen LogP contribution in [0.1, 0.15) is 13.8 Å². The van der Waals surface area contributed by atoms with Crippen molar-refractivity contribution in [1.82, 2.24) is 15.1 Å². The highest BCUT2D eigenvalue weighted by molar-refractivity contribution is 7.91. The predicted octanol–water partition coefficient (Wildman–Crippen LogP) is -0.464. The molecule has 0 aromatic heterocycles. The maximum atomic E-state index is 12.2. The van der Waals surface area contributed by atoms with Gasteiger partial charge in [-0.15, -0.1) is 0 Å². The minimum absolute atomic E-state index is 0.0298. The summed E-state index contributed by atoms with van der Waals surface area (Å²) in [4.78, 5) is 16.0. The average Bonchev–Trinajstić information content (AvgIpc) is 2.76. The Balaban J connectivity index is 2.05. The molecule has 2 saturated heterocycles. The lowest BCUT2D eigenvalue weighted by Crippen LogP contribution is -2.56. The van der Waals surface area contributed by atoms with Gasteiger partial charge in [0.25, 0.3) is 0 Å². The van der Waals surface area contributed by atoms with E-state index in [4.69, 9.17) is 4.74 Å². The van der Waals surface area contributed by atoms with Gasteiger partial charge in [0.1, 0.15) is 0 Å². The summed E-state index contributed by atoms with van der Waals surface area (Å²) in [5.74, 6) is 0.151. The van der Waals surface area contributed by atoms with Crippen LogP contribution in [0, 0.1) is 0 Å². The molecule has 2 amide bonds. The fourth-order valence-electron chi connectivity index (χ4n) is 3.00. The molecule has 0 saturated carbocycles. The van der Waals surface area contributed by atoms with Crippen LogP contribution in [0.25, 0.3) is 0 Å². The molecule has 0 aromatic rings. The zero-order chi connectivity index (χ0) is 15.5. The highest BCUT2D eigenvalue weighted by Crippen LogP contribution is 2.20. The largest absolute Gasteiger partial charge is 0.379 e. The summed E-state index contributed by atoms with van der Waals surface area (Å²) in [6, 6.07) is -0.653. The van der Waals surface area contributed by atoms with Gasteiger partial charge in [0, 0.05) is 32.2 Å². The van der Waals surface area contributed by atoms with Crippen molar-refractivity contribution in [2.45, 2.75) is 25.9 Å². The molecule has 0 spiro atoms. The number of amides is 2. The molecule has 0 aliphatic carbocycles. The summed E-state index contributed by atoms with van der Waals surface area (Å²) in [6.07, 6.45) is 0. The number of ether oxygens (including phenoxy) is 1. The summed E-state index contributed by atoms with van der Waals surface area (Å²) < 4.78 is 29.2. The molecule has 0 aromatic carbocycles. The van der Waals surface area contributed by atoms with Gasteiger partial charge in [-0.3, -0.25) is 4.90 Å². The van der Waals surface area contributed by atoms with E-state index in [1.165, 1.54) is 0 Å². The van der Waals surface area contributed by atoms with Gasteiger partial charge >= 0.3 is 6.03 Å². The molecular weight excluding hydrogens is 294 g/mol. The van der Waals surface area contributed by atoms with Crippen LogP contribution in [0.3, 0.4) is 0 Å². The maximum Gasteiger partial charge on any atom is 0.317 e. The number of hydrogen-bond acceptors (Lipinski definition) is 5. The third kappa shape index (κ3) is 4.08. The van der Waals surface area contributed by atoms with Crippen molar-refractivity contribution < 1.29 is 17.9 Å². The van der Waals surface area contributed by atoms with Crippen LogP contribution < -0.4 is 5.32 Å². The van der Waals surface area contributed by atoms with Gasteiger partial charge in [-0.1, -0.05) is 0 Å². The van der Waals surface area contributed by atoms with Crippen molar-refractivity contribution in [3.05, 3.63) is 0 Å². The van der Waals surface area contributed by atoms with Crippen LogP contribution in [0.5, 0.6) is 0 Å². The van der Waals surface area contributed by atoms with E-state index in [9.17, 15) is 13.2 Å². The number of rotatable bonds is 4. The Morgan fingerprint density at radius 2 is 1.86 bits per heavy atom. The molecule has 2 atom stereocenters. The van der Waals surface area contributed by atoms with Crippen LogP contribution in [-0.2, 0) is 14.6 Å². The Labute approximate surface area is 126 Å². The first-order valence-electron chi connectivity index (χ1n) is 7.54. The minimum atomic E-state index is -3.09. The summed E-state index contributed by atoms with van der Waals surface area (Å²) in [7, 11) is -3.09. The highest BCUT2D eigenvalue weighted by Gasteiger charge is 2.42. The first kappa shape index (κ1) is 16.5. The molecule has 21 heavy (non-hydrogen) atoms. The number of hydrogen-bond donors (Lipinski definition) is 1. The first-order valence-corrected chi connectivity index (χ1v) is 9.36. The van der Waals surface area contributed by atoms with E-state index in [1.54, 1.807) is 4.90 Å². The average molecular weight is 319 g/mol. The van der Waals surface area contributed by atoms with E-state index < -0.39 is 9.84 Å². The van der Waals surface area contributed by atoms with Crippen molar-refractivity contribution in [2.75, 3.05) is 50.9 Å². The van der Waals surface area contributed by atoms with Gasteiger partial charge in [-0.2, -0.15) is 0 Å². The molecule has 2 fully saturated rings. The number of carbonyl (C=O) groups excluding carboxylic acids is 1. The zero-order valence-electron chi connectivity index (χ0n) is 12.7. The second-order valence-corrected chi connectivity index (χ2v) is 7.67. The van der Waals surface area contributed by atoms with E-state index in [0.29, 0.717) is 26.3 Å². The van der Waals surface area contributed by atoms with E-state index in [-0.39, 0.29) is 29.6 Å². The van der Waals surface area contributed by atoms with Crippen LogP contribution in [0.15, 0.2) is 0 Å². The smallest absolute Gasteiger partial charge is 0.317 e. The molecule has 2 aliphatic rings. The van der Waals surface area contributed by atoms with Crippen LogP contribution >= 0.6 is 0 Å². The summed E-state index contributed by atoms with van der Waals surface area (Å²) >= 11 is 0. The number of nitrogens with zero attached hydrogens (tertiary/aromatic N) is 2. The highest BCUT2D eigenvalue weighted by atomic mass is 32.2. The van der Waals surface area contributed by atoms with Gasteiger partial charge < -0.3 is 15.0 Å². The third-order valence-corrected chi connectivity index (χ3v) is 5.91. The van der Waals surface area contributed by atoms with E-state index in [0.717, 1.165) is 13.1 Å². The van der Waals surface area contributed by atoms with Crippen molar-refractivity contribution in [3.8, 4) is 0 Å². The van der Waals surface area contributed by atoms with E-state index in [1.807, 2.05) is 13.8 Å². The SMILES string of the molecule is CCN(CC)C(=O)N[C@H]1CS(=O)(=O)C[C@@H]1N1CCOCC1. The van der Waals surface area contributed by atoms with Gasteiger partial charge in [0.15, 0.2) is 9.84 Å². The predicted molar refractivity (Wildman–Crippen MR) is 80.1 cm³/mol. The Hall–Kier alpha value is -0.860. The Morgan fingerprint density at radius 1 is 1.24 bits per heavy atom. The van der Waals surface area contributed by atoms with Crippen molar-refractivity contribution >= 4 is 15.9 Å². The monoisotopic (exact) mass is 319 g/mol. The lowest BCUT2D eigenvalue weighted by molar-refractivity contribution is 0.0168. The molecule has 1 N–H and O–H groups in total. The van der Waals surface area contributed by atoms with Crippen LogP contribution in [0.4, 0.5) is 4.79 Å². The molecule has 0 bridgehead atoms. The van der Waals surface area contributed by atoms with Crippen LogP contribution in [-0.4, -0.2) is 87.2 Å². The van der Waals surface area contributed by atoms with Crippen LogP contribution in [0.2, 0.25) is 0 Å². The molecule has 2 heterocycles. The summed E-state index contributed by atoms with van der Waals surface area (Å²) in [6.45, 7) is 7.73. The van der Waals surface area contributed by atoms with Gasteiger partial charge in [0.2, 0.25) is 0 Å². The fourth-order valence-corrected chi connectivity index (χ4v) is 4.95. The topological polar surface area (TPSA) is 79.0 Å². The fraction of sp³-hybridized carbons (Fsp3) is 0.923. The van der Waals surface area contributed by atoms with Gasteiger partial charge in [-0.25, -0.2) is 13.2 Å². The molecule has 122 valence electrons. The molecule has 0 radical (unpaired) electrons. The number of nitrogens with one attached hydrogen (secondary N) is 1. The van der Waals surface area contributed by atoms with E-state index >= 15 is 0 Å². The number of sulfone groups is 1. The third-order valence-electron chi connectivity index (χ3n) is 4.20. The van der Waals surface area contributed by atoms with Gasteiger partial charge in [0.05, 0.1) is 30.8 Å². The molecule has 7 nitrogen and oxygen atoms in total. The molecule has 8 heteroatoms. The Morgan fingerprint density at radius 3 is 2.43 bits per heavy atom. The lowest BCUT2D eigenvalue weighted by Gasteiger charge is -2.35. The molecular formula is C13H25N3O4S. The minimum Gasteiger partial charge on any atom is -0.379 e. The second kappa shape index (κ2) is 6.93. The van der Waals surface area contributed by atoms with Crippen molar-refractivity contribution in [2.24, 2.45) is 0 Å². The second-order valence-electron chi connectivity index (χ2n) is 5.52. The number of urea groups is 1. The molecule has 0 unspecified atom stereocenters. The zero-order valence-corrected chi connectivity index (χ0v) is 13.6. The molecule has 2 rings (SSSR count). The maximum absolute atomic E-state index is 12.2. The van der Waals surface area contributed by atoms with Gasteiger partial charge in [-0.05, 0) is 13.8 Å². The van der Waals surface area contributed by atoms with E-state index in [2.05, 4.69) is 10.2 Å². The summed E-state index contributed by atoms with van der Waals surface area (Å²) in [5.41, 5.74) is 0. The quantitative estimate of drug-likeness (QED) is 0.758. The summed E-state index contributed by atoms with van der Waals surface area (Å²) in [5, 5.41) is 2.91. The standard InChI is InChI=1S/C13H25N3O4S/c1-3-15(4-2)13(17)14-11-9-21(18,19)10-12(11)16-5-7-20-8-6-16/h11-12H,3-10H2,1-2H3,(H,14,17)/t11-,12-/m0/s1. The molecule has 2 aliphatic heterocycles. The number of carbonyl (C=O) groups is 1. The Bertz CT molecular complexity index is 458. The number of morpholine rings is 1. The lowest BCUT2D eigenvalue weighted by atomic mass is 10.1. The Kier molecular flexibility index (Phi) is 5.45.